The minimum absolute atomic E-state index is 0.236. The van der Waals surface area contributed by atoms with Gasteiger partial charge in [-0.05, 0) is 6.07 Å². The summed E-state index contributed by atoms with van der Waals surface area (Å²) in [7, 11) is 1.56. The highest BCUT2D eigenvalue weighted by molar-refractivity contribution is 5.91. The molecule has 128 valence electrons. The normalized spacial score (nSPS) is 12.8. The molecule has 1 aromatic heterocycles. The van der Waals surface area contributed by atoms with Crippen LogP contribution in [0.4, 0.5) is 0 Å². The molecule has 0 saturated carbocycles. The van der Waals surface area contributed by atoms with Gasteiger partial charge in [0.25, 0.3) is 5.91 Å². The zero-order valence-electron chi connectivity index (χ0n) is 13.3. The van der Waals surface area contributed by atoms with E-state index in [-0.39, 0.29) is 18.1 Å². The molecular formula is C15H19N5O4. The lowest BCUT2D eigenvalue weighted by molar-refractivity contribution is 0.0945. The Hall–Kier alpha value is -2.81. The number of nitrogens with one attached hydrogen (secondary N) is 1. The topological polar surface area (TPSA) is 114 Å². The van der Waals surface area contributed by atoms with Crippen LogP contribution in [0.15, 0.2) is 18.3 Å². The molecule has 9 heteroatoms. The largest absolute Gasteiger partial charge is 0.496 e. The Morgan fingerprint density at radius 1 is 1.38 bits per heavy atom. The van der Waals surface area contributed by atoms with Crippen molar-refractivity contribution in [1.82, 2.24) is 20.3 Å². The number of amides is 1. The van der Waals surface area contributed by atoms with E-state index in [2.05, 4.69) is 15.6 Å². The van der Waals surface area contributed by atoms with Crippen molar-refractivity contribution in [2.24, 2.45) is 5.73 Å². The molecule has 1 aliphatic rings. The van der Waals surface area contributed by atoms with Crippen LogP contribution in [0.5, 0.6) is 17.2 Å². The van der Waals surface area contributed by atoms with E-state index in [4.69, 9.17) is 19.9 Å². The standard InChI is InChI=1S/C15H19N5O4/c1-22-12-7-14-13(23-4-5-24-14)6-10(12)8-17-15(21)11-9-20(3-2-16)19-18-11/h6-7,9H,2-5,8,16H2,1H3,(H,17,21). The van der Waals surface area contributed by atoms with E-state index in [1.165, 1.54) is 4.68 Å². The highest BCUT2D eigenvalue weighted by Gasteiger charge is 2.17. The highest BCUT2D eigenvalue weighted by Crippen LogP contribution is 2.36. The molecule has 0 spiro atoms. The van der Waals surface area contributed by atoms with Crippen LogP contribution < -0.4 is 25.3 Å². The van der Waals surface area contributed by atoms with Gasteiger partial charge >= 0.3 is 0 Å². The quantitative estimate of drug-likeness (QED) is 0.761. The number of carbonyl (C=O) groups excluding carboxylic acids is 1. The molecule has 0 bridgehead atoms. The molecule has 3 rings (SSSR count). The summed E-state index contributed by atoms with van der Waals surface area (Å²) < 4.78 is 18.0. The van der Waals surface area contributed by atoms with Crippen LogP contribution in [-0.2, 0) is 13.1 Å². The molecule has 2 heterocycles. The van der Waals surface area contributed by atoms with E-state index in [1.807, 2.05) is 0 Å². The number of benzene rings is 1. The number of rotatable bonds is 6. The fraction of sp³-hybridized carbons (Fsp3) is 0.400. The van der Waals surface area contributed by atoms with Crippen LogP contribution >= 0.6 is 0 Å². The summed E-state index contributed by atoms with van der Waals surface area (Å²) in [5, 5.41) is 10.5. The minimum atomic E-state index is -0.324. The molecule has 0 radical (unpaired) electrons. The Balaban J connectivity index is 1.70. The van der Waals surface area contributed by atoms with Gasteiger partial charge in [0, 0.05) is 24.7 Å². The molecule has 0 atom stereocenters. The molecule has 24 heavy (non-hydrogen) atoms. The zero-order valence-corrected chi connectivity index (χ0v) is 13.3. The smallest absolute Gasteiger partial charge is 0.273 e. The molecule has 1 aromatic carbocycles. The van der Waals surface area contributed by atoms with Gasteiger partial charge in [-0.15, -0.1) is 5.10 Å². The summed E-state index contributed by atoms with van der Waals surface area (Å²) in [6.45, 7) is 2.21. The van der Waals surface area contributed by atoms with Crippen molar-refractivity contribution in [2.45, 2.75) is 13.1 Å². The van der Waals surface area contributed by atoms with Gasteiger partial charge < -0.3 is 25.3 Å². The number of methoxy groups -OCH3 is 1. The van der Waals surface area contributed by atoms with Crippen molar-refractivity contribution >= 4 is 5.91 Å². The first kappa shape index (κ1) is 16.1. The number of hydrogen-bond donors (Lipinski definition) is 2. The number of fused-ring (bicyclic) bond motifs is 1. The number of ether oxygens (including phenoxy) is 3. The first-order valence-electron chi connectivity index (χ1n) is 7.56. The maximum absolute atomic E-state index is 12.2. The van der Waals surface area contributed by atoms with Crippen molar-refractivity contribution in [3.8, 4) is 17.2 Å². The van der Waals surface area contributed by atoms with Gasteiger partial charge in [0.2, 0.25) is 0 Å². The van der Waals surface area contributed by atoms with Gasteiger partial charge in [0.15, 0.2) is 17.2 Å². The van der Waals surface area contributed by atoms with Crippen LogP contribution in [0, 0.1) is 0 Å². The monoisotopic (exact) mass is 333 g/mol. The van der Waals surface area contributed by atoms with Gasteiger partial charge in [-0.3, -0.25) is 9.48 Å². The molecule has 0 fully saturated rings. The molecular weight excluding hydrogens is 314 g/mol. The first-order chi connectivity index (χ1) is 11.7. The molecule has 1 amide bonds. The van der Waals surface area contributed by atoms with E-state index < -0.39 is 0 Å². The third kappa shape index (κ3) is 3.40. The van der Waals surface area contributed by atoms with Gasteiger partial charge in [-0.25, -0.2) is 0 Å². The number of hydrogen-bond acceptors (Lipinski definition) is 7. The van der Waals surface area contributed by atoms with Crippen LogP contribution in [0.1, 0.15) is 16.1 Å². The number of nitrogens with two attached hydrogens (primary N) is 1. The van der Waals surface area contributed by atoms with E-state index in [0.717, 1.165) is 5.56 Å². The Labute approximate surface area is 138 Å². The average Bonchev–Trinajstić information content (AvgIpc) is 3.08. The fourth-order valence-electron chi connectivity index (χ4n) is 2.35. The van der Waals surface area contributed by atoms with Crippen molar-refractivity contribution in [2.75, 3.05) is 26.9 Å². The van der Waals surface area contributed by atoms with E-state index in [0.29, 0.717) is 43.6 Å². The minimum Gasteiger partial charge on any atom is -0.496 e. The second-order valence-electron chi connectivity index (χ2n) is 5.15. The maximum atomic E-state index is 12.2. The molecule has 2 aromatic rings. The first-order valence-corrected chi connectivity index (χ1v) is 7.56. The van der Waals surface area contributed by atoms with E-state index >= 15 is 0 Å². The third-order valence-electron chi connectivity index (χ3n) is 3.51. The highest BCUT2D eigenvalue weighted by atomic mass is 16.6. The van der Waals surface area contributed by atoms with E-state index in [1.54, 1.807) is 25.4 Å². The summed E-state index contributed by atoms with van der Waals surface area (Å²) in [6, 6.07) is 3.56. The summed E-state index contributed by atoms with van der Waals surface area (Å²) in [4.78, 5) is 12.2. The van der Waals surface area contributed by atoms with Gasteiger partial charge in [0.1, 0.15) is 19.0 Å². The molecule has 9 nitrogen and oxygen atoms in total. The Morgan fingerprint density at radius 3 is 2.83 bits per heavy atom. The van der Waals surface area contributed by atoms with Crippen molar-refractivity contribution in [1.29, 1.82) is 0 Å². The number of aromatic nitrogens is 3. The Bertz CT molecular complexity index is 731. The molecule has 0 saturated heterocycles. The zero-order chi connectivity index (χ0) is 16.9. The van der Waals surface area contributed by atoms with Gasteiger partial charge in [0.05, 0.1) is 19.9 Å². The third-order valence-corrected chi connectivity index (χ3v) is 3.51. The fourth-order valence-corrected chi connectivity index (χ4v) is 2.35. The summed E-state index contributed by atoms with van der Waals surface area (Å²) in [5.74, 6) is 1.57. The lowest BCUT2D eigenvalue weighted by Crippen LogP contribution is -2.24. The molecule has 0 unspecified atom stereocenters. The SMILES string of the molecule is COc1cc2c(cc1CNC(=O)c1cn(CCN)nn1)OCCO2. The lowest BCUT2D eigenvalue weighted by Gasteiger charge is -2.20. The summed E-state index contributed by atoms with van der Waals surface area (Å²) >= 11 is 0. The second kappa shape index (κ2) is 7.18. The Kier molecular flexibility index (Phi) is 4.80. The average molecular weight is 333 g/mol. The predicted molar refractivity (Wildman–Crippen MR) is 84.2 cm³/mol. The lowest BCUT2D eigenvalue weighted by atomic mass is 10.1. The van der Waals surface area contributed by atoms with E-state index in [9.17, 15) is 4.79 Å². The van der Waals surface area contributed by atoms with Crippen molar-refractivity contribution < 1.29 is 19.0 Å². The predicted octanol–water partition coefficient (Wildman–Crippen LogP) is -0.0534. The summed E-state index contributed by atoms with van der Waals surface area (Å²) in [6.07, 6.45) is 1.56. The van der Waals surface area contributed by atoms with Crippen LogP contribution in [0.25, 0.3) is 0 Å². The Morgan fingerprint density at radius 2 is 2.12 bits per heavy atom. The van der Waals surface area contributed by atoms with Gasteiger partial charge in [-0.2, -0.15) is 0 Å². The van der Waals surface area contributed by atoms with Gasteiger partial charge in [-0.1, -0.05) is 5.21 Å². The second-order valence-corrected chi connectivity index (χ2v) is 5.15. The van der Waals surface area contributed by atoms with Crippen LogP contribution in [0.2, 0.25) is 0 Å². The molecule has 0 aliphatic carbocycles. The molecule has 1 aliphatic heterocycles. The van der Waals surface area contributed by atoms with Crippen LogP contribution in [0.3, 0.4) is 0 Å². The van der Waals surface area contributed by atoms with Crippen molar-refractivity contribution in [3.05, 3.63) is 29.6 Å². The van der Waals surface area contributed by atoms with Crippen molar-refractivity contribution in [3.63, 3.8) is 0 Å². The van der Waals surface area contributed by atoms with Crippen LogP contribution in [-0.4, -0.2) is 47.8 Å². The summed E-state index contributed by atoms with van der Waals surface area (Å²) in [5.41, 5.74) is 6.46. The number of nitrogens with zero attached hydrogens (tertiary/aromatic N) is 3. The molecule has 3 N–H and O–H groups in total. The number of carbonyl (C=O) groups is 1. The maximum Gasteiger partial charge on any atom is 0.273 e.